The van der Waals surface area contributed by atoms with Gasteiger partial charge >= 0.3 is 0 Å². The Morgan fingerprint density at radius 1 is 1.03 bits per heavy atom. The Morgan fingerprint density at radius 3 is 2.40 bits per heavy atom. The summed E-state index contributed by atoms with van der Waals surface area (Å²) in [5.41, 5.74) is 0.0293. The van der Waals surface area contributed by atoms with Crippen LogP contribution in [0.4, 0.5) is 13.2 Å². The Kier molecular flexibility index (Phi) is 7.43. The topological polar surface area (TPSA) is 69.7 Å². The Bertz CT molecular complexity index is 1190. The van der Waals surface area contributed by atoms with Gasteiger partial charge in [0.25, 0.3) is 5.88 Å². The number of hydrogen-bond acceptors (Lipinski definition) is 5. The number of carbonyl (C=O) groups is 1. The zero-order valence-corrected chi connectivity index (χ0v) is 19.3. The molecule has 1 heterocycles. The van der Waals surface area contributed by atoms with Crippen molar-refractivity contribution < 1.29 is 32.2 Å². The third-order valence-corrected chi connectivity index (χ3v) is 5.44. The fourth-order valence-corrected chi connectivity index (χ4v) is 3.35. The van der Waals surface area contributed by atoms with E-state index in [9.17, 15) is 18.0 Å². The minimum Gasteiger partial charge on any atom is -0.493 e. The number of nitrogens with zero attached hydrogens (tertiary/aromatic N) is 1. The standard InChI is InChI=1S/C26H25F3N2O4/c1-15(31-16(2)32)18-8-25(29)26(30-12-18)34-14-22-23(27)10-21(11-24(22)28)35-20-5-3-4-19(9-20)33-13-17-6-7-17/h3-5,8-12,15,17H,6-7,13-14H2,1-2H3,(H,31,32). The lowest BCUT2D eigenvalue weighted by Crippen LogP contribution is -2.23. The molecule has 1 atom stereocenters. The van der Waals surface area contributed by atoms with Crippen LogP contribution in [0, 0.1) is 23.4 Å². The van der Waals surface area contributed by atoms with Gasteiger partial charge in [-0.3, -0.25) is 4.79 Å². The lowest BCUT2D eigenvalue weighted by atomic mass is 10.1. The van der Waals surface area contributed by atoms with E-state index in [0.717, 1.165) is 31.0 Å². The van der Waals surface area contributed by atoms with Crippen molar-refractivity contribution in [2.45, 2.75) is 39.3 Å². The van der Waals surface area contributed by atoms with Crippen LogP contribution in [0.25, 0.3) is 0 Å². The Balaban J connectivity index is 1.40. The van der Waals surface area contributed by atoms with Crippen LogP contribution >= 0.6 is 0 Å². The second-order valence-corrected chi connectivity index (χ2v) is 8.46. The molecular weight excluding hydrogens is 461 g/mol. The molecule has 35 heavy (non-hydrogen) atoms. The molecule has 0 spiro atoms. The zero-order chi connectivity index (χ0) is 24.9. The van der Waals surface area contributed by atoms with E-state index in [2.05, 4.69) is 10.3 Å². The summed E-state index contributed by atoms with van der Waals surface area (Å²) in [5, 5.41) is 2.61. The van der Waals surface area contributed by atoms with Crippen molar-refractivity contribution >= 4 is 5.91 Å². The first-order valence-corrected chi connectivity index (χ1v) is 11.2. The van der Waals surface area contributed by atoms with Crippen molar-refractivity contribution in [3.8, 4) is 23.1 Å². The molecule has 1 amide bonds. The van der Waals surface area contributed by atoms with Crippen molar-refractivity contribution in [1.29, 1.82) is 0 Å². The maximum absolute atomic E-state index is 14.6. The fraction of sp³-hybridized carbons (Fsp3) is 0.308. The van der Waals surface area contributed by atoms with Gasteiger partial charge in [-0.25, -0.2) is 18.2 Å². The molecule has 0 aliphatic heterocycles. The summed E-state index contributed by atoms with van der Waals surface area (Å²) in [5.74, 6) is -1.76. The SMILES string of the molecule is CC(=O)NC(C)c1cnc(OCc2c(F)cc(Oc3cccc(OCC4CC4)c3)cc2F)c(F)c1. The Morgan fingerprint density at radius 2 is 1.74 bits per heavy atom. The van der Waals surface area contributed by atoms with E-state index in [1.165, 1.54) is 13.1 Å². The Labute approximate surface area is 201 Å². The van der Waals surface area contributed by atoms with Gasteiger partial charge in [-0.2, -0.15) is 0 Å². The highest BCUT2D eigenvalue weighted by Crippen LogP contribution is 2.32. The highest BCUT2D eigenvalue weighted by Gasteiger charge is 2.22. The third kappa shape index (κ3) is 6.65. The molecule has 1 N–H and O–H groups in total. The highest BCUT2D eigenvalue weighted by atomic mass is 19.1. The van der Waals surface area contributed by atoms with Crippen LogP contribution in [0.1, 0.15) is 43.9 Å². The zero-order valence-electron chi connectivity index (χ0n) is 19.3. The first kappa shape index (κ1) is 24.4. The average Bonchev–Trinajstić information content (AvgIpc) is 3.62. The van der Waals surface area contributed by atoms with Crippen molar-refractivity contribution in [3.05, 3.63) is 77.2 Å². The van der Waals surface area contributed by atoms with E-state index in [0.29, 0.717) is 29.6 Å². The molecule has 6 nitrogen and oxygen atoms in total. The molecule has 0 bridgehead atoms. The number of carbonyl (C=O) groups excluding carboxylic acids is 1. The van der Waals surface area contributed by atoms with Gasteiger partial charge in [0.1, 0.15) is 35.5 Å². The summed E-state index contributed by atoms with van der Waals surface area (Å²) in [4.78, 5) is 15.0. The van der Waals surface area contributed by atoms with Crippen LogP contribution in [0.5, 0.6) is 23.1 Å². The maximum Gasteiger partial charge on any atom is 0.250 e. The molecule has 3 aromatic rings. The van der Waals surface area contributed by atoms with Gasteiger partial charge in [0, 0.05) is 31.3 Å². The lowest BCUT2D eigenvalue weighted by Gasteiger charge is -2.14. The molecule has 1 aliphatic carbocycles. The van der Waals surface area contributed by atoms with Gasteiger partial charge in [-0.15, -0.1) is 0 Å². The average molecular weight is 486 g/mol. The van der Waals surface area contributed by atoms with Crippen LogP contribution in [0.2, 0.25) is 0 Å². The molecule has 1 fully saturated rings. The third-order valence-electron chi connectivity index (χ3n) is 5.44. The van der Waals surface area contributed by atoms with Gasteiger partial charge in [0.15, 0.2) is 5.82 Å². The number of benzene rings is 2. The van der Waals surface area contributed by atoms with Crippen molar-refractivity contribution in [3.63, 3.8) is 0 Å². The molecule has 4 rings (SSSR count). The second-order valence-electron chi connectivity index (χ2n) is 8.46. The molecule has 1 saturated carbocycles. The van der Waals surface area contributed by atoms with Gasteiger partial charge < -0.3 is 19.5 Å². The molecule has 9 heteroatoms. The predicted molar refractivity (Wildman–Crippen MR) is 122 cm³/mol. The van der Waals surface area contributed by atoms with Gasteiger partial charge in [0.05, 0.1) is 18.2 Å². The molecule has 1 aliphatic rings. The second kappa shape index (κ2) is 10.7. The van der Waals surface area contributed by atoms with Crippen LogP contribution in [-0.4, -0.2) is 17.5 Å². The predicted octanol–water partition coefficient (Wildman–Crippen LogP) is 5.86. The van der Waals surface area contributed by atoms with E-state index >= 15 is 0 Å². The van der Waals surface area contributed by atoms with Crippen molar-refractivity contribution in [2.24, 2.45) is 5.92 Å². The summed E-state index contributed by atoms with van der Waals surface area (Å²) in [6.07, 6.45) is 3.65. The molecule has 0 saturated heterocycles. The molecule has 1 aromatic heterocycles. The van der Waals surface area contributed by atoms with E-state index in [1.54, 1.807) is 31.2 Å². The number of amides is 1. The van der Waals surface area contributed by atoms with Crippen LogP contribution in [0.3, 0.4) is 0 Å². The molecule has 1 unspecified atom stereocenters. The summed E-state index contributed by atoms with van der Waals surface area (Å²) >= 11 is 0. The molecular formula is C26H25F3N2O4. The molecule has 0 radical (unpaired) electrons. The van der Waals surface area contributed by atoms with Gasteiger partial charge in [-0.05, 0) is 49.4 Å². The summed E-state index contributed by atoms with van der Waals surface area (Å²) in [6, 6.07) is 9.57. The quantitative estimate of drug-likeness (QED) is 0.389. The largest absolute Gasteiger partial charge is 0.493 e. The minimum atomic E-state index is -0.905. The molecule has 184 valence electrons. The lowest BCUT2D eigenvalue weighted by molar-refractivity contribution is -0.119. The number of nitrogens with one attached hydrogen (secondary N) is 1. The van der Waals surface area contributed by atoms with E-state index in [1.807, 2.05) is 0 Å². The first-order valence-electron chi connectivity index (χ1n) is 11.2. The minimum absolute atomic E-state index is 0.0382. The van der Waals surface area contributed by atoms with Gasteiger partial charge in [0.2, 0.25) is 5.91 Å². The van der Waals surface area contributed by atoms with Crippen LogP contribution in [0.15, 0.2) is 48.7 Å². The highest BCUT2D eigenvalue weighted by molar-refractivity contribution is 5.73. The van der Waals surface area contributed by atoms with E-state index in [4.69, 9.17) is 14.2 Å². The first-order chi connectivity index (χ1) is 16.8. The summed E-state index contributed by atoms with van der Waals surface area (Å²) < 4.78 is 60.1. The summed E-state index contributed by atoms with van der Waals surface area (Å²) in [6.45, 7) is 3.07. The fourth-order valence-electron chi connectivity index (χ4n) is 3.35. The van der Waals surface area contributed by atoms with Crippen molar-refractivity contribution in [2.75, 3.05) is 6.61 Å². The summed E-state index contributed by atoms with van der Waals surface area (Å²) in [7, 11) is 0. The number of pyridine rings is 1. The molecule has 2 aromatic carbocycles. The van der Waals surface area contributed by atoms with E-state index < -0.39 is 41.5 Å². The van der Waals surface area contributed by atoms with Crippen LogP contribution < -0.4 is 19.5 Å². The monoisotopic (exact) mass is 486 g/mol. The number of aromatic nitrogens is 1. The van der Waals surface area contributed by atoms with E-state index in [-0.39, 0.29) is 11.7 Å². The number of hydrogen-bond donors (Lipinski definition) is 1. The number of ether oxygens (including phenoxy) is 3. The Hall–Kier alpha value is -3.75. The van der Waals surface area contributed by atoms with Crippen LogP contribution in [-0.2, 0) is 11.4 Å². The smallest absolute Gasteiger partial charge is 0.250 e. The maximum atomic E-state index is 14.6. The number of halogens is 3. The van der Waals surface area contributed by atoms with Crippen molar-refractivity contribution in [1.82, 2.24) is 10.3 Å². The van der Waals surface area contributed by atoms with Gasteiger partial charge in [-0.1, -0.05) is 6.07 Å². The number of rotatable bonds is 10. The normalized spacial score (nSPS) is 13.7.